The van der Waals surface area contributed by atoms with Crippen molar-refractivity contribution in [1.29, 1.82) is 0 Å². The highest BCUT2D eigenvalue weighted by atomic mass is 16.5. The molecule has 0 aliphatic heterocycles. The van der Waals surface area contributed by atoms with E-state index in [0.717, 1.165) is 28.8 Å². The molecule has 136 valence electrons. The van der Waals surface area contributed by atoms with E-state index in [1.165, 1.54) is 32.1 Å². The fourth-order valence-corrected chi connectivity index (χ4v) is 5.74. The first-order valence-corrected chi connectivity index (χ1v) is 9.70. The zero-order valence-electron chi connectivity index (χ0n) is 15.1. The third-order valence-corrected chi connectivity index (χ3v) is 6.73. The molecular formula is C21H25N3O2. The van der Waals surface area contributed by atoms with E-state index in [1.54, 1.807) is 7.11 Å². The van der Waals surface area contributed by atoms with Gasteiger partial charge in [-0.05, 0) is 86.1 Å². The number of rotatable bonds is 4. The van der Waals surface area contributed by atoms with E-state index >= 15 is 0 Å². The third-order valence-electron chi connectivity index (χ3n) is 6.73. The van der Waals surface area contributed by atoms with Crippen LogP contribution in [-0.4, -0.2) is 29.3 Å². The molecule has 0 unspecified atom stereocenters. The van der Waals surface area contributed by atoms with E-state index in [1.807, 2.05) is 30.3 Å². The van der Waals surface area contributed by atoms with Gasteiger partial charge in [0, 0.05) is 11.6 Å². The molecule has 5 nitrogen and oxygen atoms in total. The number of nitrogens with zero attached hydrogens (tertiary/aromatic N) is 1. The zero-order valence-corrected chi connectivity index (χ0v) is 15.1. The molecule has 26 heavy (non-hydrogen) atoms. The molecule has 4 aliphatic rings. The summed E-state index contributed by atoms with van der Waals surface area (Å²) in [5.74, 6) is 3.98. The summed E-state index contributed by atoms with van der Waals surface area (Å²) in [5, 5.41) is 10.6. The topological polar surface area (TPSA) is 67.0 Å². The highest BCUT2D eigenvalue weighted by Crippen LogP contribution is 2.53. The smallest absolute Gasteiger partial charge is 0.269 e. The first kappa shape index (κ1) is 15.9. The van der Waals surface area contributed by atoms with Crippen molar-refractivity contribution in [2.24, 2.45) is 23.7 Å². The molecule has 4 bridgehead atoms. The second-order valence-corrected chi connectivity index (χ2v) is 8.33. The lowest BCUT2D eigenvalue weighted by atomic mass is 9.54. The molecule has 1 heterocycles. The lowest BCUT2D eigenvalue weighted by Gasteiger charge is -2.54. The fraction of sp³-hybridized carbons (Fsp3) is 0.524. The van der Waals surface area contributed by atoms with Crippen LogP contribution in [0.1, 0.15) is 42.6 Å². The van der Waals surface area contributed by atoms with E-state index in [4.69, 9.17) is 4.74 Å². The average Bonchev–Trinajstić information content (AvgIpc) is 3.14. The minimum Gasteiger partial charge on any atom is -0.497 e. The van der Waals surface area contributed by atoms with Gasteiger partial charge in [0.1, 0.15) is 11.4 Å². The van der Waals surface area contributed by atoms with Gasteiger partial charge in [-0.25, -0.2) is 0 Å². The average molecular weight is 351 g/mol. The van der Waals surface area contributed by atoms with Gasteiger partial charge in [-0.2, -0.15) is 5.10 Å². The molecule has 0 spiro atoms. The van der Waals surface area contributed by atoms with Gasteiger partial charge in [-0.1, -0.05) is 0 Å². The van der Waals surface area contributed by atoms with Crippen LogP contribution in [0.3, 0.4) is 0 Å². The number of carbonyl (C=O) groups excluding carboxylic acids is 1. The highest BCUT2D eigenvalue weighted by Gasteiger charge is 2.48. The molecule has 0 saturated heterocycles. The molecular weight excluding hydrogens is 326 g/mol. The number of aromatic amines is 1. The summed E-state index contributed by atoms with van der Waals surface area (Å²) in [4.78, 5) is 12.8. The molecule has 1 aromatic heterocycles. The van der Waals surface area contributed by atoms with Crippen molar-refractivity contribution < 1.29 is 9.53 Å². The Labute approximate surface area is 153 Å². The predicted octanol–water partition coefficient (Wildman–Crippen LogP) is 3.64. The summed E-state index contributed by atoms with van der Waals surface area (Å²) >= 11 is 0. The molecule has 2 aromatic rings. The van der Waals surface area contributed by atoms with Crippen molar-refractivity contribution in [1.82, 2.24) is 15.5 Å². The van der Waals surface area contributed by atoms with Crippen molar-refractivity contribution in [2.45, 2.75) is 38.1 Å². The maximum Gasteiger partial charge on any atom is 0.269 e. The summed E-state index contributed by atoms with van der Waals surface area (Å²) in [6.07, 6.45) is 6.64. The van der Waals surface area contributed by atoms with Crippen LogP contribution < -0.4 is 10.1 Å². The second-order valence-electron chi connectivity index (χ2n) is 8.33. The number of ether oxygens (including phenoxy) is 1. The van der Waals surface area contributed by atoms with Crippen LogP contribution in [0.25, 0.3) is 11.3 Å². The number of amides is 1. The highest BCUT2D eigenvalue weighted by molar-refractivity contribution is 5.93. The minimum atomic E-state index is -0.0188. The van der Waals surface area contributed by atoms with Gasteiger partial charge in [0.25, 0.3) is 5.91 Å². The Bertz CT molecular complexity index is 783. The van der Waals surface area contributed by atoms with E-state index in [9.17, 15) is 4.79 Å². The summed E-state index contributed by atoms with van der Waals surface area (Å²) in [7, 11) is 1.65. The lowest BCUT2D eigenvalue weighted by Crippen LogP contribution is -2.55. The van der Waals surface area contributed by atoms with Gasteiger partial charge >= 0.3 is 0 Å². The maximum atomic E-state index is 12.8. The monoisotopic (exact) mass is 351 g/mol. The molecule has 5 heteroatoms. The normalized spacial score (nSPS) is 31.8. The van der Waals surface area contributed by atoms with Crippen molar-refractivity contribution in [2.75, 3.05) is 7.11 Å². The van der Waals surface area contributed by atoms with E-state index in [2.05, 4.69) is 15.5 Å². The molecule has 0 atom stereocenters. The fourth-order valence-electron chi connectivity index (χ4n) is 5.74. The van der Waals surface area contributed by atoms with Crippen LogP contribution in [0.5, 0.6) is 5.75 Å². The first-order valence-electron chi connectivity index (χ1n) is 9.70. The third kappa shape index (κ3) is 2.70. The van der Waals surface area contributed by atoms with E-state index in [-0.39, 0.29) is 5.91 Å². The number of carbonyl (C=O) groups is 1. The second kappa shape index (κ2) is 6.15. The van der Waals surface area contributed by atoms with Gasteiger partial charge in [-0.3, -0.25) is 9.89 Å². The van der Waals surface area contributed by atoms with Crippen molar-refractivity contribution in [3.8, 4) is 17.0 Å². The Morgan fingerprint density at radius 2 is 1.73 bits per heavy atom. The Hall–Kier alpha value is -2.30. The molecule has 6 rings (SSSR count). The molecule has 1 amide bonds. The number of nitrogens with one attached hydrogen (secondary N) is 2. The Morgan fingerprint density at radius 1 is 1.08 bits per heavy atom. The van der Waals surface area contributed by atoms with E-state index in [0.29, 0.717) is 23.6 Å². The van der Waals surface area contributed by atoms with Crippen molar-refractivity contribution in [3.63, 3.8) is 0 Å². The SMILES string of the molecule is COc1ccc(-c2cc(C(=O)NC3C4CC5CC(C4)CC3C5)[nH]n2)cc1. The maximum absolute atomic E-state index is 12.8. The molecule has 4 aliphatic carbocycles. The Balaban J connectivity index is 1.30. The Morgan fingerprint density at radius 3 is 2.35 bits per heavy atom. The lowest BCUT2D eigenvalue weighted by molar-refractivity contribution is -0.0120. The van der Waals surface area contributed by atoms with Gasteiger partial charge in [-0.15, -0.1) is 0 Å². The van der Waals surface area contributed by atoms with Crippen LogP contribution in [0.2, 0.25) is 0 Å². The molecule has 1 aromatic carbocycles. The number of aromatic nitrogens is 2. The standard InChI is InChI=1S/C21H25N3O2/c1-26-17-4-2-14(3-5-17)18-11-19(24-23-18)21(25)22-20-15-7-12-6-13(9-15)10-16(20)8-12/h2-5,11-13,15-16,20H,6-10H2,1H3,(H,22,25)(H,23,24). The van der Waals surface area contributed by atoms with Gasteiger partial charge < -0.3 is 10.1 Å². The van der Waals surface area contributed by atoms with Crippen LogP contribution in [0.15, 0.2) is 30.3 Å². The minimum absolute atomic E-state index is 0.0188. The van der Waals surface area contributed by atoms with Crippen LogP contribution in [0.4, 0.5) is 0 Å². The summed E-state index contributed by atoms with van der Waals surface area (Å²) in [5.41, 5.74) is 2.29. The largest absolute Gasteiger partial charge is 0.497 e. The number of methoxy groups -OCH3 is 1. The van der Waals surface area contributed by atoms with E-state index < -0.39 is 0 Å². The predicted molar refractivity (Wildman–Crippen MR) is 98.9 cm³/mol. The van der Waals surface area contributed by atoms with Gasteiger partial charge in [0.2, 0.25) is 0 Å². The number of hydrogen-bond acceptors (Lipinski definition) is 3. The number of benzene rings is 1. The van der Waals surface area contributed by atoms with Gasteiger partial charge in [0.15, 0.2) is 0 Å². The van der Waals surface area contributed by atoms with Crippen LogP contribution in [0, 0.1) is 23.7 Å². The van der Waals surface area contributed by atoms with Crippen molar-refractivity contribution >= 4 is 5.91 Å². The quantitative estimate of drug-likeness (QED) is 0.884. The van der Waals surface area contributed by atoms with Crippen molar-refractivity contribution in [3.05, 3.63) is 36.0 Å². The van der Waals surface area contributed by atoms with Crippen LogP contribution >= 0.6 is 0 Å². The summed E-state index contributed by atoms with van der Waals surface area (Å²) in [6.45, 7) is 0. The van der Waals surface area contributed by atoms with Crippen LogP contribution in [-0.2, 0) is 0 Å². The number of hydrogen-bond donors (Lipinski definition) is 2. The molecule has 4 saturated carbocycles. The summed E-state index contributed by atoms with van der Waals surface area (Å²) < 4.78 is 5.19. The molecule has 4 fully saturated rings. The van der Waals surface area contributed by atoms with Gasteiger partial charge in [0.05, 0.1) is 12.8 Å². The summed E-state index contributed by atoms with van der Waals surface area (Å²) in [6, 6.07) is 9.90. The molecule has 2 N–H and O–H groups in total. The number of H-pyrrole nitrogens is 1. The zero-order chi connectivity index (χ0) is 17.7. The first-order chi connectivity index (χ1) is 12.7. The molecule has 0 radical (unpaired) electrons. The Kier molecular flexibility index (Phi) is 3.76.